The summed E-state index contributed by atoms with van der Waals surface area (Å²) in [5.41, 5.74) is 1.63. The van der Waals surface area contributed by atoms with Gasteiger partial charge in [-0.2, -0.15) is 0 Å². The number of hydrogen-bond donors (Lipinski definition) is 2. The average molecular weight is 295 g/mol. The van der Waals surface area contributed by atoms with Gasteiger partial charge in [-0.3, -0.25) is 0 Å². The van der Waals surface area contributed by atoms with Gasteiger partial charge in [-0.15, -0.1) is 0 Å². The van der Waals surface area contributed by atoms with Crippen LogP contribution in [-0.2, 0) is 6.54 Å². The van der Waals surface area contributed by atoms with E-state index in [1.807, 2.05) is 36.4 Å². The molecule has 0 bridgehead atoms. The molecule has 2 N–H and O–H groups in total. The summed E-state index contributed by atoms with van der Waals surface area (Å²) in [5, 5.41) is 6.45. The maximum Gasteiger partial charge on any atom is 0.319 e. The quantitative estimate of drug-likeness (QED) is 0.870. The van der Waals surface area contributed by atoms with Gasteiger partial charge in [0.15, 0.2) is 0 Å². The zero-order valence-corrected chi connectivity index (χ0v) is 11.5. The number of hydrogen-bond acceptors (Lipinski definition) is 1. The van der Waals surface area contributed by atoms with Crippen molar-refractivity contribution in [2.45, 2.75) is 6.54 Å². The van der Waals surface area contributed by atoms with Crippen LogP contribution in [0.3, 0.4) is 0 Å². The number of carbonyl (C=O) groups excluding carboxylic acids is 1. The fourth-order valence-electron chi connectivity index (χ4n) is 1.53. The Morgan fingerprint density at radius 2 is 1.74 bits per heavy atom. The molecule has 2 aromatic rings. The molecule has 0 saturated heterocycles. The molecule has 0 aliphatic rings. The van der Waals surface area contributed by atoms with Crippen molar-refractivity contribution in [3.63, 3.8) is 0 Å². The van der Waals surface area contributed by atoms with Crippen molar-refractivity contribution < 1.29 is 4.79 Å². The summed E-state index contributed by atoms with van der Waals surface area (Å²) < 4.78 is 0. The van der Waals surface area contributed by atoms with Crippen LogP contribution in [0.1, 0.15) is 5.56 Å². The number of nitrogens with one attached hydrogen (secondary N) is 2. The molecule has 0 heterocycles. The minimum atomic E-state index is -0.266. The molecule has 0 radical (unpaired) electrons. The molecule has 5 heteroatoms. The van der Waals surface area contributed by atoms with E-state index in [2.05, 4.69) is 10.6 Å². The Bertz CT molecular complexity index is 573. The van der Waals surface area contributed by atoms with Crippen LogP contribution >= 0.6 is 23.2 Å². The molecule has 0 aliphatic carbocycles. The second-order valence-corrected chi connectivity index (χ2v) is 4.74. The van der Waals surface area contributed by atoms with Crippen LogP contribution < -0.4 is 10.6 Å². The monoisotopic (exact) mass is 294 g/mol. The number of anilines is 1. The molecule has 0 unspecified atom stereocenters. The number of para-hydroxylation sites is 1. The van der Waals surface area contributed by atoms with Gasteiger partial charge < -0.3 is 10.6 Å². The lowest BCUT2D eigenvalue weighted by molar-refractivity contribution is 0.251. The first-order chi connectivity index (χ1) is 9.15. The van der Waals surface area contributed by atoms with Crippen molar-refractivity contribution in [2.24, 2.45) is 0 Å². The summed E-state index contributed by atoms with van der Waals surface area (Å²) in [6, 6.07) is 14.2. The Labute approximate surface area is 121 Å². The molecule has 98 valence electrons. The third kappa shape index (κ3) is 4.16. The number of halogens is 2. The molecule has 19 heavy (non-hydrogen) atoms. The Kier molecular flexibility index (Phi) is 4.66. The predicted molar refractivity (Wildman–Crippen MR) is 78.8 cm³/mol. The number of amides is 2. The lowest BCUT2D eigenvalue weighted by Crippen LogP contribution is -2.28. The van der Waals surface area contributed by atoms with Crippen LogP contribution in [0.4, 0.5) is 10.5 Å². The van der Waals surface area contributed by atoms with Gasteiger partial charge >= 0.3 is 6.03 Å². The largest absolute Gasteiger partial charge is 0.334 e. The summed E-state index contributed by atoms with van der Waals surface area (Å²) in [6.07, 6.45) is 0. The first kappa shape index (κ1) is 13.7. The minimum Gasteiger partial charge on any atom is -0.334 e. The van der Waals surface area contributed by atoms with Crippen molar-refractivity contribution in [3.8, 4) is 0 Å². The molecule has 0 spiro atoms. The van der Waals surface area contributed by atoms with E-state index in [-0.39, 0.29) is 6.03 Å². The van der Waals surface area contributed by atoms with E-state index in [4.69, 9.17) is 23.2 Å². The van der Waals surface area contributed by atoms with Crippen LogP contribution in [0.25, 0.3) is 0 Å². The van der Waals surface area contributed by atoms with Crippen LogP contribution in [0, 0.1) is 0 Å². The molecule has 0 saturated carbocycles. The maximum absolute atomic E-state index is 11.7. The Balaban J connectivity index is 1.88. The summed E-state index contributed by atoms with van der Waals surface area (Å²) in [5.74, 6) is 0. The normalized spacial score (nSPS) is 10.0. The fourth-order valence-corrected chi connectivity index (χ4v) is 1.85. The first-order valence-corrected chi connectivity index (χ1v) is 6.44. The summed E-state index contributed by atoms with van der Waals surface area (Å²) >= 11 is 11.7. The van der Waals surface area contributed by atoms with Gasteiger partial charge in [0.2, 0.25) is 0 Å². The third-order valence-electron chi connectivity index (χ3n) is 2.47. The van der Waals surface area contributed by atoms with Crippen LogP contribution in [-0.4, -0.2) is 6.03 Å². The van der Waals surface area contributed by atoms with Crippen LogP contribution in [0.5, 0.6) is 0 Å². The molecule has 0 aromatic heterocycles. The zero-order valence-electron chi connectivity index (χ0n) is 9.99. The van der Waals surface area contributed by atoms with E-state index >= 15 is 0 Å². The highest BCUT2D eigenvalue weighted by molar-refractivity contribution is 6.42. The summed E-state index contributed by atoms with van der Waals surface area (Å²) in [6.45, 7) is 0.384. The Hall–Kier alpha value is -1.71. The number of rotatable bonds is 3. The minimum absolute atomic E-state index is 0.266. The lowest BCUT2D eigenvalue weighted by atomic mass is 10.2. The summed E-state index contributed by atoms with van der Waals surface area (Å²) in [4.78, 5) is 11.7. The van der Waals surface area contributed by atoms with Gasteiger partial charge in [0.25, 0.3) is 0 Å². The highest BCUT2D eigenvalue weighted by Gasteiger charge is 2.03. The number of carbonyl (C=O) groups is 1. The van der Waals surface area contributed by atoms with E-state index in [0.717, 1.165) is 11.3 Å². The molecule has 3 nitrogen and oxygen atoms in total. The Morgan fingerprint density at radius 3 is 2.42 bits per heavy atom. The second kappa shape index (κ2) is 6.45. The van der Waals surface area contributed by atoms with Gasteiger partial charge in [0, 0.05) is 12.2 Å². The molecule has 2 rings (SSSR count). The number of urea groups is 1. The Morgan fingerprint density at radius 1 is 1.00 bits per heavy atom. The molecular formula is C14H12Cl2N2O. The standard InChI is InChI=1S/C14H12Cl2N2O/c15-12-7-6-10(8-13(12)16)9-17-14(19)18-11-4-2-1-3-5-11/h1-8H,9H2,(H2,17,18,19). The first-order valence-electron chi connectivity index (χ1n) is 5.69. The predicted octanol–water partition coefficient (Wildman–Crippen LogP) is 4.32. The fraction of sp³-hybridized carbons (Fsp3) is 0.0714. The van der Waals surface area contributed by atoms with Gasteiger partial charge in [-0.25, -0.2) is 4.79 Å². The molecular weight excluding hydrogens is 283 g/mol. The highest BCUT2D eigenvalue weighted by atomic mass is 35.5. The van der Waals surface area contributed by atoms with Gasteiger partial charge in [0.1, 0.15) is 0 Å². The van der Waals surface area contributed by atoms with Gasteiger partial charge in [0.05, 0.1) is 10.0 Å². The topological polar surface area (TPSA) is 41.1 Å². The second-order valence-electron chi connectivity index (χ2n) is 3.92. The SMILES string of the molecule is O=C(NCc1ccc(Cl)c(Cl)c1)Nc1ccccc1. The third-order valence-corrected chi connectivity index (χ3v) is 3.21. The van der Waals surface area contributed by atoms with E-state index in [0.29, 0.717) is 16.6 Å². The van der Waals surface area contributed by atoms with E-state index in [1.54, 1.807) is 12.1 Å². The van der Waals surface area contributed by atoms with Crippen molar-refractivity contribution in [1.82, 2.24) is 5.32 Å². The van der Waals surface area contributed by atoms with Gasteiger partial charge in [-0.05, 0) is 29.8 Å². The van der Waals surface area contributed by atoms with Crippen LogP contribution in [0.15, 0.2) is 48.5 Å². The highest BCUT2D eigenvalue weighted by Crippen LogP contribution is 2.22. The summed E-state index contributed by atoms with van der Waals surface area (Å²) in [7, 11) is 0. The molecule has 0 aliphatic heterocycles. The zero-order chi connectivity index (χ0) is 13.7. The molecule has 2 aromatic carbocycles. The van der Waals surface area contributed by atoms with Crippen molar-refractivity contribution in [1.29, 1.82) is 0 Å². The van der Waals surface area contributed by atoms with Crippen molar-refractivity contribution in [3.05, 3.63) is 64.1 Å². The van der Waals surface area contributed by atoms with E-state index in [9.17, 15) is 4.79 Å². The van der Waals surface area contributed by atoms with Crippen molar-refractivity contribution in [2.75, 3.05) is 5.32 Å². The maximum atomic E-state index is 11.7. The molecule has 0 fully saturated rings. The van der Waals surface area contributed by atoms with Gasteiger partial charge in [-0.1, -0.05) is 47.5 Å². The molecule has 0 atom stereocenters. The molecule has 2 amide bonds. The van der Waals surface area contributed by atoms with Crippen LogP contribution in [0.2, 0.25) is 10.0 Å². The van der Waals surface area contributed by atoms with Crippen molar-refractivity contribution >= 4 is 34.9 Å². The lowest BCUT2D eigenvalue weighted by Gasteiger charge is -2.08. The smallest absolute Gasteiger partial charge is 0.319 e. The van der Waals surface area contributed by atoms with E-state index in [1.165, 1.54) is 0 Å². The number of benzene rings is 2. The average Bonchev–Trinajstić information content (AvgIpc) is 2.41. The van der Waals surface area contributed by atoms with E-state index < -0.39 is 0 Å².